The highest BCUT2D eigenvalue weighted by Gasteiger charge is 2.25. The number of carboxylic acid groups (broad SMARTS) is 1. The van der Waals surface area contributed by atoms with Crippen molar-refractivity contribution in [1.82, 2.24) is 9.97 Å². The molecule has 0 saturated carbocycles. The van der Waals surface area contributed by atoms with Gasteiger partial charge in [-0.2, -0.15) is 0 Å². The molecule has 0 amide bonds. The molecule has 0 aliphatic rings. The first-order chi connectivity index (χ1) is 12.0. The number of rotatable bonds is 8. The Labute approximate surface area is 144 Å². The quantitative estimate of drug-likeness (QED) is 0.725. The summed E-state index contributed by atoms with van der Waals surface area (Å²) in [6.07, 6.45) is 0.605. The van der Waals surface area contributed by atoms with Crippen molar-refractivity contribution >= 4 is 23.0 Å². The Morgan fingerprint density at radius 2 is 1.48 bits per heavy atom. The molecule has 134 valence electrons. The molecule has 0 aliphatic heterocycles. The zero-order valence-corrected chi connectivity index (χ0v) is 14.4. The van der Waals surface area contributed by atoms with Gasteiger partial charge in [-0.1, -0.05) is 6.92 Å². The molecule has 0 saturated heterocycles. The maximum atomic E-state index is 12.2. The summed E-state index contributed by atoms with van der Waals surface area (Å²) in [5, 5.41) is 9.41. The minimum Gasteiger partial charge on any atom is -0.492 e. The number of hydrogen-bond acceptors (Lipinski definition) is 7. The van der Waals surface area contributed by atoms with Crippen LogP contribution < -0.4 is 9.47 Å². The lowest BCUT2D eigenvalue weighted by Crippen LogP contribution is -2.17. The van der Waals surface area contributed by atoms with E-state index in [1.165, 1.54) is 0 Å². The molecular weight excluding hydrogens is 328 g/mol. The van der Waals surface area contributed by atoms with E-state index in [9.17, 15) is 14.7 Å². The molecule has 0 radical (unpaired) electrons. The van der Waals surface area contributed by atoms with Gasteiger partial charge in [0.2, 0.25) is 0 Å². The predicted octanol–water partition coefficient (Wildman–Crippen LogP) is 2.69. The number of aromatic carboxylic acids is 1. The van der Waals surface area contributed by atoms with Crippen molar-refractivity contribution in [3.8, 4) is 11.5 Å². The highest BCUT2D eigenvalue weighted by molar-refractivity contribution is 6.02. The second kappa shape index (κ2) is 8.27. The van der Waals surface area contributed by atoms with Gasteiger partial charge in [0.1, 0.15) is 22.5 Å². The van der Waals surface area contributed by atoms with Crippen molar-refractivity contribution in [2.45, 2.75) is 27.2 Å². The van der Waals surface area contributed by atoms with Crippen LogP contribution in [0, 0.1) is 0 Å². The number of nitrogens with zero attached hydrogens (tertiary/aromatic N) is 2. The Balaban J connectivity index is 2.71. The summed E-state index contributed by atoms with van der Waals surface area (Å²) in [5.74, 6) is -1.46. The van der Waals surface area contributed by atoms with Crippen molar-refractivity contribution in [3.05, 3.63) is 23.5 Å². The fourth-order valence-corrected chi connectivity index (χ4v) is 2.19. The molecule has 2 rings (SSSR count). The zero-order chi connectivity index (χ0) is 18.4. The van der Waals surface area contributed by atoms with E-state index < -0.39 is 17.6 Å². The maximum Gasteiger partial charge on any atom is 0.359 e. The summed E-state index contributed by atoms with van der Waals surface area (Å²) >= 11 is 0. The van der Waals surface area contributed by atoms with Crippen molar-refractivity contribution in [1.29, 1.82) is 0 Å². The van der Waals surface area contributed by atoms with E-state index >= 15 is 0 Å². The van der Waals surface area contributed by atoms with Crippen LogP contribution in [0.2, 0.25) is 0 Å². The van der Waals surface area contributed by atoms with Gasteiger partial charge < -0.3 is 19.3 Å². The highest BCUT2D eigenvalue weighted by atomic mass is 16.5. The van der Waals surface area contributed by atoms with Crippen LogP contribution in [0.15, 0.2) is 12.1 Å². The normalized spacial score (nSPS) is 10.5. The van der Waals surface area contributed by atoms with Crippen LogP contribution in [0.3, 0.4) is 0 Å². The summed E-state index contributed by atoms with van der Waals surface area (Å²) in [4.78, 5) is 32.0. The molecular formula is C17H20N2O6. The standard InChI is InChI=1S/C17H20N2O6/c1-4-9-25-17(22)15-14(16(20)21)18-12-10(23-5-2)7-8-11(24-6-3)13(12)19-15/h7-8H,4-6,9H2,1-3H3,(H,20,21). The van der Waals surface area contributed by atoms with Crippen LogP contribution in [0.25, 0.3) is 11.0 Å². The van der Waals surface area contributed by atoms with E-state index in [0.29, 0.717) is 31.1 Å². The monoisotopic (exact) mass is 348 g/mol. The van der Waals surface area contributed by atoms with Crippen molar-refractivity contribution in [3.63, 3.8) is 0 Å². The summed E-state index contributed by atoms with van der Waals surface area (Å²) in [6, 6.07) is 3.28. The number of carboxylic acids is 1. The molecule has 1 aromatic carbocycles. The number of hydrogen-bond donors (Lipinski definition) is 1. The van der Waals surface area contributed by atoms with Crippen LogP contribution in [0.4, 0.5) is 0 Å². The van der Waals surface area contributed by atoms with Gasteiger partial charge in [0.15, 0.2) is 11.4 Å². The minimum absolute atomic E-state index is 0.162. The number of ether oxygens (including phenoxy) is 3. The number of carbonyl (C=O) groups is 2. The lowest BCUT2D eigenvalue weighted by Gasteiger charge is -2.13. The van der Waals surface area contributed by atoms with E-state index in [4.69, 9.17) is 14.2 Å². The number of aromatic nitrogens is 2. The van der Waals surface area contributed by atoms with E-state index in [1.54, 1.807) is 26.0 Å². The Bertz CT molecular complexity index is 790. The van der Waals surface area contributed by atoms with Crippen molar-refractivity contribution in [2.75, 3.05) is 19.8 Å². The average Bonchev–Trinajstić information content (AvgIpc) is 2.60. The maximum absolute atomic E-state index is 12.2. The van der Waals surface area contributed by atoms with Gasteiger partial charge in [0.25, 0.3) is 0 Å². The lowest BCUT2D eigenvalue weighted by molar-refractivity contribution is 0.0486. The molecule has 2 aromatic rings. The first-order valence-electron chi connectivity index (χ1n) is 8.04. The third kappa shape index (κ3) is 3.96. The molecule has 0 atom stereocenters. The molecule has 0 bridgehead atoms. The summed E-state index contributed by atoms with van der Waals surface area (Å²) in [5.41, 5.74) is -0.371. The molecule has 1 heterocycles. The fraction of sp³-hybridized carbons (Fsp3) is 0.412. The van der Waals surface area contributed by atoms with E-state index in [-0.39, 0.29) is 23.3 Å². The molecule has 8 heteroatoms. The number of carbonyl (C=O) groups excluding carboxylic acids is 1. The third-order valence-corrected chi connectivity index (χ3v) is 3.18. The SMILES string of the molecule is CCCOC(=O)c1nc2c(OCC)ccc(OCC)c2nc1C(=O)O. The second-order valence-electron chi connectivity index (χ2n) is 4.99. The van der Waals surface area contributed by atoms with Crippen LogP contribution in [0.1, 0.15) is 48.2 Å². The molecule has 8 nitrogen and oxygen atoms in total. The zero-order valence-electron chi connectivity index (χ0n) is 14.4. The van der Waals surface area contributed by atoms with Gasteiger partial charge in [-0.15, -0.1) is 0 Å². The summed E-state index contributed by atoms with van der Waals surface area (Å²) in [6.45, 7) is 6.34. The summed E-state index contributed by atoms with van der Waals surface area (Å²) < 4.78 is 16.0. The van der Waals surface area contributed by atoms with E-state index in [1.807, 2.05) is 6.92 Å². The van der Waals surface area contributed by atoms with Gasteiger partial charge in [-0.05, 0) is 32.4 Å². The molecule has 0 unspecified atom stereocenters. The molecule has 1 aromatic heterocycles. The largest absolute Gasteiger partial charge is 0.492 e. The third-order valence-electron chi connectivity index (χ3n) is 3.18. The van der Waals surface area contributed by atoms with Crippen LogP contribution in [-0.2, 0) is 4.74 Å². The first-order valence-corrected chi connectivity index (χ1v) is 8.04. The Morgan fingerprint density at radius 3 is 1.92 bits per heavy atom. The Morgan fingerprint density at radius 1 is 0.960 bits per heavy atom. The number of fused-ring (bicyclic) bond motifs is 1. The topological polar surface area (TPSA) is 108 Å². The molecule has 0 fully saturated rings. The van der Waals surface area contributed by atoms with E-state index in [2.05, 4.69) is 9.97 Å². The number of benzene rings is 1. The summed E-state index contributed by atoms with van der Waals surface area (Å²) in [7, 11) is 0. The molecule has 0 spiro atoms. The highest BCUT2D eigenvalue weighted by Crippen LogP contribution is 2.31. The van der Waals surface area contributed by atoms with Gasteiger partial charge in [-0.3, -0.25) is 0 Å². The first kappa shape index (κ1) is 18.4. The average molecular weight is 348 g/mol. The van der Waals surface area contributed by atoms with Crippen molar-refractivity contribution < 1.29 is 28.9 Å². The molecule has 0 aliphatic carbocycles. The smallest absolute Gasteiger partial charge is 0.359 e. The van der Waals surface area contributed by atoms with E-state index in [0.717, 1.165) is 0 Å². The van der Waals surface area contributed by atoms with Gasteiger partial charge in [0, 0.05) is 0 Å². The van der Waals surface area contributed by atoms with Crippen LogP contribution in [0.5, 0.6) is 11.5 Å². The minimum atomic E-state index is -1.37. The predicted molar refractivity (Wildman–Crippen MR) is 89.4 cm³/mol. The lowest BCUT2D eigenvalue weighted by atomic mass is 10.2. The molecule has 1 N–H and O–H groups in total. The van der Waals surface area contributed by atoms with Crippen molar-refractivity contribution in [2.24, 2.45) is 0 Å². The van der Waals surface area contributed by atoms with Crippen LogP contribution in [-0.4, -0.2) is 46.8 Å². The van der Waals surface area contributed by atoms with Crippen LogP contribution >= 0.6 is 0 Å². The van der Waals surface area contributed by atoms with Gasteiger partial charge in [-0.25, -0.2) is 19.6 Å². The number of esters is 1. The Hall–Kier alpha value is -2.90. The molecule has 25 heavy (non-hydrogen) atoms. The second-order valence-corrected chi connectivity index (χ2v) is 4.99. The fourth-order valence-electron chi connectivity index (χ4n) is 2.19. The van der Waals surface area contributed by atoms with Gasteiger partial charge in [0.05, 0.1) is 19.8 Å². The van der Waals surface area contributed by atoms with Gasteiger partial charge >= 0.3 is 11.9 Å². The Kier molecular flexibility index (Phi) is 6.10.